The van der Waals surface area contributed by atoms with Crippen molar-refractivity contribution in [2.75, 3.05) is 6.61 Å². The Balaban J connectivity index is 1.97. The largest absolute Gasteiger partial charge is 0.466 e. The van der Waals surface area contributed by atoms with E-state index in [4.69, 9.17) is 4.74 Å². The molecule has 1 aromatic rings. The van der Waals surface area contributed by atoms with Gasteiger partial charge in [-0.15, -0.1) is 0 Å². The molecule has 0 unspecified atom stereocenters. The number of allylic oxidation sites excluding steroid dienone is 5. The molecule has 3 rings (SSSR count). The standard InChI is InChI=1S/C23H27NO4/c1-6-28-22(25)19-20-15(3)11-14(2)13-23(20,5)21(19)16(4)12-17-7-9-18(10-8-17)24(26)27/h7-13,19-21H,6H2,1-5H3/b16-12+/t19-,20-,21+,23-/m1/s1. The molecule has 0 heterocycles. The molecular weight excluding hydrogens is 354 g/mol. The van der Waals surface area contributed by atoms with Crippen LogP contribution in [0, 0.1) is 33.3 Å². The Bertz CT molecular complexity index is 894. The van der Waals surface area contributed by atoms with Crippen molar-refractivity contribution in [3.63, 3.8) is 0 Å². The summed E-state index contributed by atoms with van der Waals surface area (Å²) < 4.78 is 5.40. The number of carbonyl (C=O) groups excluding carboxylic acids is 1. The first-order valence-corrected chi connectivity index (χ1v) is 9.66. The van der Waals surface area contributed by atoms with E-state index < -0.39 is 4.92 Å². The summed E-state index contributed by atoms with van der Waals surface area (Å²) in [6, 6.07) is 6.49. The normalized spacial score (nSPS) is 29.2. The van der Waals surface area contributed by atoms with Crippen molar-refractivity contribution in [1.29, 1.82) is 0 Å². The zero-order valence-corrected chi connectivity index (χ0v) is 17.1. The van der Waals surface area contributed by atoms with Crippen molar-refractivity contribution in [3.8, 4) is 0 Å². The summed E-state index contributed by atoms with van der Waals surface area (Å²) in [5.74, 6) is -0.183. The zero-order valence-electron chi connectivity index (χ0n) is 17.1. The van der Waals surface area contributed by atoms with Gasteiger partial charge in [0.2, 0.25) is 0 Å². The average molecular weight is 381 g/mol. The Hall–Kier alpha value is -2.69. The summed E-state index contributed by atoms with van der Waals surface area (Å²) in [7, 11) is 0. The number of benzene rings is 1. The van der Waals surface area contributed by atoms with Gasteiger partial charge < -0.3 is 4.74 Å². The molecule has 5 heteroatoms. The molecule has 4 atom stereocenters. The van der Waals surface area contributed by atoms with Crippen molar-refractivity contribution in [2.45, 2.75) is 34.6 Å². The van der Waals surface area contributed by atoms with E-state index in [2.05, 4.69) is 32.9 Å². The monoisotopic (exact) mass is 381 g/mol. The minimum atomic E-state index is -0.403. The summed E-state index contributed by atoms with van der Waals surface area (Å²) in [6.45, 7) is 10.6. The maximum Gasteiger partial charge on any atom is 0.310 e. The van der Waals surface area contributed by atoms with Gasteiger partial charge in [-0.1, -0.05) is 41.9 Å². The number of carbonyl (C=O) groups is 1. The molecule has 2 aliphatic rings. The van der Waals surface area contributed by atoms with Crippen molar-refractivity contribution in [3.05, 3.63) is 68.8 Å². The second-order valence-corrected chi connectivity index (χ2v) is 8.11. The van der Waals surface area contributed by atoms with E-state index in [0.29, 0.717) is 6.61 Å². The number of ether oxygens (including phenoxy) is 1. The highest BCUT2D eigenvalue weighted by Gasteiger charge is 2.62. The SMILES string of the molecule is CCOC(=O)[C@@H]1[C@H]2C(C)=CC(C)=C[C@@]2(C)[C@H]1/C(C)=C/c1ccc([N+](=O)[O-])cc1. The van der Waals surface area contributed by atoms with Gasteiger partial charge in [-0.2, -0.15) is 0 Å². The van der Waals surface area contributed by atoms with E-state index in [-0.39, 0.29) is 34.8 Å². The lowest BCUT2D eigenvalue weighted by Gasteiger charge is -2.60. The molecule has 0 aromatic heterocycles. The fourth-order valence-corrected chi connectivity index (χ4v) is 5.30. The van der Waals surface area contributed by atoms with E-state index >= 15 is 0 Å². The first-order valence-electron chi connectivity index (χ1n) is 9.66. The summed E-state index contributed by atoms with van der Waals surface area (Å²) in [4.78, 5) is 23.2. The number of non-ortho nitro benzene ring substituents is 1. The second-order valence-electron chi connectivity index (χ2n) is 8.11. The van der Waals surface area contributed by atoms with Crippen LogP contribution in [0.1, 0.15) is 40.2 Å². The molecule has 1 saturated carbocycles. The van der Waals surface area contributed by atoms with Crippen LogP contribution in [0.3, 0.4) is 0 Å². The Morgan fingerprint density at radius 3 is 2.50 bits per heavy atom. The molecule has 148 valence electrons. The molecule has 0 N–H and O–H groups in total. The highest BCUT2D eigenvalue weighted by atomic mass is 16.6. The lowest BCUT2D eigenvalue weighted by Crippen LogP contribution is -2.59. The Labute approximate surface area is 165 Å². The van der Waals surface area contributed by atoms with E-state index in [9.17, 15) is 14.9 Å². The van der Waals surface area contributed by atoms with E-state index in [1.165, 1.54) is 23.3 Å². The number of hydrogen-bond acceptors (Lipinski definition) is 4. The molecule has 0 spiro atoms. The molecule has 1 fully saturated rings. The molecule has 0 aliphatic heterocycles. The molecule has 1 aromatic carbocycles. The first kappa shape index (κ1) is 20.1. The van der Waals surface area contributed by atoms with Crippen LogP contribution in [0.4, 0.5) is 5.69 Å². The number of hydrogen-bond donors (Lipinski definition) is 0. The quantitative estimate of drug-likeness (QED) is 0.392. The highest BCUT2D eigenvalue weighted by Crippen LogP contribution is 2.64. The van der Waals surface area contributed by atoms with Crippen molar-refractivity contribution in [2.24, 2.45) is 23.2 Å². The molecular formula is C23H27NO4. The van der Waals surface area contributed by atoms with Crippen LogP contribution >= 0.6 is 0 Å². The maximum absolute atomic E-state index is 12.8. The van der Waals surface area contributed by atoms with Crippen molar-refractivity contribution < 1.29 is 14.5 Å². The van der Waals surface area contributed by atoms with Gasteiger partial charge >= 0.3 is 5.97 Å². The average Bonchev–Trinajstić information content (AvgIpc) is 2.59. The van der Waals surface area contributed by atoms with Crippen molar-refractivity contribution >= 4 is 17.7 Å². The van der Waals surface area contributed by atoms with Crippen LogP contribution in [0.2, 0.25) is 0 Å². The maximum atomic E-state index is 12.8. The van der Waals surface area contributed by atoms with Gasteiger partial charge in [0.05, 0.1) is 17.4 Å². The van der Waals surface area contributed by atoms with Gasteiger partial charge in [0.1, 0.15) is 0 Å². The van der Waals surface area contributed by atoms with Crippen LogP contribution < -0.4 is 0 Å². The minimum absolute atomic E-state index is 0.0327. The van der Waals surface area contributed by atoms with Crippen molar-refractivity contribution in [1.82, 2.24) is 0 Å². The Morgan fingerprint density at radius 2 is 1.93 bits per heavy atom. The smallest absolute Gasteiger partial charge is 0.310 e. The molecule has 5 nitrogen and oxygen atoms in total. The Morgan fingerprint density at radius 1 is 1.29 bits per heavy atom. The fourth-order valence-electron chi connectivity index (χ4n) is 5.30. The number of esters is 1. The Kier molecular flexibility index (Phi) is 5.28. The zero-order chi connectivity index (χ0) is 20.6. The fraction of sp³-hybridized carbons (Fsp3) is 0.435. The lowest BCUT2D eigenvalue weighted by atomic mass is 9.42. The van der Waals surface area contributed by atoms with Crippen LogP contribution in [-0.2, 0) is 9.53 Å². The minimum Gasteiger partial charge on any atom is -0.466 e. The number of nitro benzene ring substituents is 1. The second kappa shape index (κ2) is 7.38. The van der Waals surface area contributed by atoms with E-state index in [1.54, 1.807) is 12.1 Å². The molecule has 28 heavy (non-hydrogen) atoms. The molecule has 2 aliphatic carbocycles. The van der Waals surface area contributed by atoms with Gasteiger partial charge in [0.25, 0.3) is 5.69 Å². The van der Waals surface area contributed by atoms with E-state index in [1.807, 2.05) is 19.9 Å². The number of nitro groups is 1. The molecule has 0 bridgehead atoms. The lowest BCUT2D eigenvalue weighted by molar-refractivity contribution is -0.384. The first-order chi connectivity index (χ1) is 13.2. The summed E-state index contributed by atoms with van der Waals surface area (Å²) >= 11 is 0. The van der Waals surface area contributed by atoms with E-state index in [0.717, 1.165) is 11.1 Å². The molecule has 0 amide bonds. The summed E-state index contributed by atoms with van der Waals surface area (Å²) in [6.07, 6.45) is 6.46. The summed E-state index contributed by atoms with van der Waals surface area (Å²) in [5.41, 5.74) is 4.35. The third-order valence-corrected chi connectivity index (χ3v) is 6.09. The van der Waals surface area contributed by atoms with Crippen LogP contribution in [0.5, 0.6) is 0 Å². The summed E-state index contributed by atoms with van der Waals surface area (Å²) in [5, 5.41) is 10.9. The van der Waals surface area contributed by atoms with Gasteiger partial charge in [0, 0.05) is 29.4 Å². The van der Waals surface area contributed by atoms with Crippen LogP contribution in [0.15, 0.2) is 53.1 Å². The molecule has 0 radical (unpaired) electrons. The van der Waals surface area contributed by atoms with Gasteiger partial charge in [-0.05, 0) is 45.4 Å². The van der Waals surface area contributed by atoms with Crippen LogP contribution in [-0.4, -0.2) is 17.5 Å². The topological polar surface area (TPSA) is 69.4 Å². The third kappa shape index (κ3) is 3.30. The van der Waals surface area contributed by atoms with Gasteiger partial charge in [-0.25, -0.2) is 0 Å². The molecule has 0 saturated heterocycles. The predicted molar refractivity (Wildman–Crippen MR) is 109 cm³/mol. The number of nitrogens with zero attached hydrogens (tertiary/aromatic N) is 1. The van der Waals surface area contributed by atoms with Gasteiger partial charge in [0.15, 0.2) is 0 Å². The predicted octanol–water partition coefficient (Wildman–Crippen LogP) is 5.34. The highest BCUT2D eigenvalue weighted by molar-refractivity contribution is 5.78. The number of fused-ring (bicyclic) bond motifs is 1. The van der Waals surface area contributed by atoms with Gasteiger partial charge in [-0.3, -0.25) is 14.9 Å². The number of rotatable bonds is 5. The third-order valence-electron chi connectivity index (χ3n) is 6.09. The van der Waals surface area contributed by atoms with Crippen LogP contribution in [0.25, 0.3) is 6.08 Å².